The number of amides is 1. The Morgan fingerprint density at radius 3 is 2.59 bits per heavy atom. The Labute approximate surface area is 169 Å². The molecule has 0 aromatic heterocycles. The first-order valence-corrected chi connectivity index (χ1v) is 11.3. The molecule has 2 aromatic rings. The van der Waals surface area contributed by atoms with Crippen molar-refractivity contribution < 1.29 is 13.2 Å². The average molecular weight is 451 g/mol. The number of nitrogens with one attached hydrogen (secondary N) is 1. The van der Waals surface area contributed by atoms with Crippen LogP contribution < -0.4 is 5.32 Å². The van der Waals surface area contributed by atoms with Crippen molar-refractivity contribution in [1.82, 2.24) is 9.62 Å². The molecule has 0 bridgehead atoms. The van der Waals surface area contributed by atoms with Gasteiger partial charge in [-0.3, -0.25) is 4.79 Å². The molecule has 3 rings (SSSR count). The number of hydrogen-bond acceptors (Lipinski definition) is 3. The minimum Gasteiger partial charge on any atom is -0.348 e. The van der Waals surface area contributed by atoms with Crippen LogP contribution in [0.2, 0.25) is 0 Å². The van der Waals surface area contributed by atoms with Gasteiger partial charge in [-0.25, -0.2) is 8.42 Å². The molecular formula is C20H23BrN2O3S. The van der Waals surface area contributed by atoms with Crippen molar-refractivity contribution in [2.45, 2.75) is 37.1 Å². The number of hydrogen-bond donors (Lipinski definition) is 1. The molecule has 0 saturated carbocycles. The van der Waals surface area contributed by atoms with Crippen LogP contribution in [-0.4, -0.2) is 31.7 Å². The maximum atomic E-state index is 12.8. The molecule has 0 saturated heterocycles. The van der Waals surface area contributed by atoms with E-state index in [-0.39, 0.29) is 29.9 Å². The highest BCUT2D eigenvalue weighted by Gasteiger charge is 2.27. The number of carbonyl (C=O) groups is 1. The van der Waals surface area contributed by atoms with Gasteiger partial charge in [0.25, 0.3) is 0 Å². The first-order valence-electron chi connectivity index (χ1n) is 9.04. The lowest BCUT2D eigenvalue weighted by atomic mass is 9.88. The minimum absolute atomic E-state index is 0.0588. The van der Waals surface area contributed by atoms with E-state index in [1.165, 1.54) is 22.0 Å². The molecular weight excluding hydrogens is 428 g/mol. The van der Waals surface area contributed by atoms with Crippen LogP contribution >= 0.6 is 15.9 Å². The second-order valence-corrected chi connectivity index (χ2v) is 9.45. The topological polar surface area (TPSA) is 66.5 Å². The molecule has 1 amide bonds. The number of sulfonamides is 1. The maximum absolute atomic E-state index is 12.8. The molecule has 1 aliphatic rings. The van der Waals surface area contributed by atoms with Crippen LogP contribution in [0.1, 0.15) is 36.9 Å². The molecule has 0 aliphatic heterocycles. The monoisotopic (exact) mass is 450 g/mol. The molecule has 27 heavy (non-hydrogen) atoms. The number of rotatable bonds is 6. The molecule has 1 N–H and O–H groups in total. The third-order valence-corrected chi connectivity index (χ3v) is 7.29. The number of benzene rings is 2. The summed E-state index contributed by atoms with van der Waals surface area (Å²) in [6.07, 6.45) is 2.90. The van der Waals surface area contributed by atoms with Crippen LogP contribution in [-0.2, 0) is 21.2 Å². The van der Waals surface area contributed by atoms with Gasteiger partial charge >= 0.3 is 0 Å². The molecule has 1 atom stereocenters. The van der Waals surface area contributed by atoms with Gasteiger partial charge in [0.2, 0.25) is 15.9 Å². The van der Waals surface area contributed by atoms with Gasteiger partial charge in [0.1, 0.15) is 0 Å². The van der Waals surface area contributed by atoms with Crippen LogP contribution in [0.4, 0.5) is 0 Å². The third kappa shape index (κ3) is 4.59. The van der Waals surface area contributed by atoms with Gasteiger partial charge in [0.15, 0.2) is 0 Å². The van der Waals surface area contributed by atoms with E-state index in [1.807, 2.05) is 18.2 Å². The maximum Gasteiger partial charge on any atom is 0.243 e. The molecule has 1 aliphatic carbocycles. The number of nitrogens with zero attached hydrogens (tertiary/aromatic N) is 1. The van der Waals surface area contributed by atoms with Crippen molar-refractivity contribution in [3.05, 3.63) is 64.1 Å². The summed E-state index contributed by atoms with van der Waals surface area (Å²) in [6.45, 7) is 1.78. The number of carbonyl (C=O) groups excluding carboxylic acids is 1. The summed E-state index contributed by atoms with van der Waals surface area (Å²) in [5.41, 5.74) is 2.39. The second-order valence-electron chi connectivity index (χ2n) is 6.60. The lowest BCUT2D eigenvalue weighted by Gasteiger charge is -2.27. The summed E-state index contributed by atoms with van der Waals surface area (Å²) >= 11 is 3.30. The van der Waals surface area contributed by atoms with Crippen molar-refractivity contribution in [3.8, 4) is 0 Å². The SMILES string of the molecule is CCN(CC(=O)N[C@H]1CCCc2ccccc21)S(=O)(=O)c1ccc(Br)cc1. The van der Waals surface area contributed by atoms with E-state index in [0.29, 0.717) is 0 Å². The molecule has 7 heteroatoms. The zero-order valence-corrected chi connectivity index (χ0v) is 17.6. The van der Waals surface area contributed by atoms with Crippen LogP contribution in [0.25, 0.3) is 0 Å². The van der Waals surface area contributed by atoms with Gasteiger partial charge in [-0.05, 0) is 54.7 Å². The predicted molar refractivity (Wildman–Crippen MR) is 109 cm³/mol. The third-order valence-electron chi connectivity index (χ3n) is 4.83. The van der Waals surface area contributed by atoms with E-state index in [0.717, 1.165) is 29.3 Å². The summed E-state index contributed by atoms with van der Waals surface area (Å²) in [5.74, 6) is -0.278. The van der Waals surface area contributed by atoms with Crippen molar-refractivity contribution in [2.24, 2.45) is 0 Å². The molecule has 0 heterocycles. The van der Waals surface area contributed by atoms with Crippen molar-refractivity contribution >= 4 is 31.9 Å². The molecule has 5 nitrogen and oxygen atoms in total. The number of fused-ring (bicyclic) bond motifs is 1. The number of aryl methyl sites for hydroxylation is 1. The van der Waals surface area contributed by atoms with E-state index in [1.54, 1.807) is 19.1 Å². The highest BCUT2D eigenvalue weighted by molar-refractivity contribution is 9.10. The second kappa shape index (κ2) is 8.54. The fourth-order valence-electron chi connectivity index (χ4n) is 3.43. The Bertz CT molecular complexity index is 913. The van der Waals surface area contributed by atoms with E-state index in [9.17, 15) is 13.2 Å². The molecule has 0 spiro atoms. The lowest BCUT2D eigenvalue weighted by molar-refractivity contribution is -0.122. The number of likely N-dealkylation sites (N-methyl/N-ethyl adjacent to an activating group) is 1. The minimum atomic E-state index is -3.71. The largest absolute Gasteiger partial charge is 0.348 e. The first kappa shape index (κ1) is 20.0. The zero-order chi connectivity index (χ0) is 19.4. The van der Waals surface area contributed by atoms with Gasteiger partial charge in [0.05, 0.1) is 17.5 Å². The fraction of sp³-hybridized carbons (Fsp3) is 0.350. The fourth-order valence-corrected chi connectivity index (χ4v) is 5.10. The van der Waals surface area contributed by atoms with Gasteiger partial charge in [0, 0.05) is 11.0 Å². The smallest absolute Gasteiger partial charge is 0.243 e. The average Bonchev–Trinajstić information content (AvgIpc) is 2.66. The lowest BCUT2D eigenvalue weighted by Crippen LogP contribution is -2.42. The molecule has 2 aromatic carbocycles. The standard InChI is InChI=1S/C20H23BrN2O3S/c1-2-23(27(25,26)17-12-10-16(21)11-13-17)14-20(24)22-19-9-5-7-15-6-3-4-8-18(15)19/h3-4,6,8,10-13,19H,2,5,7,9,14H2,1H3,(H,22,24)/t19-/m0/s1. The van der Waals surface area contributed by atoms with Crippen LogP contribution in [0, 0.1) is 0 Å². The van der Waals surface area contributed by atoms with E-state index < -0.39 is 10.0 Å². The van der Waals surface area contributed by atoms with E-state index in [2.05, 4.69) is 27.3 Å². The normalized spacial score (nSPS) is 16.8. The Hall–Kier alpha value is -1.70. The molecule has 0 unspecified atom stereocenters. The van der Waals surface area contributed by atoms with E-state index in [4.69, 9.17) is 0 Å². The number of halogens is 1. The Kier molecular flexibility index (Phi) is 6.34. The highest BCUT2D eigenvalue weighted by Crippen LogP contribution is 2.29. The molecule has 0 radical (unpaired) electrons. The quantitative estimate of drug-likeness (QED) is 0.729. The molecule has 144 valence electrons. The van der Waals surface area contributed by atoms with Crippen LogP contribution in [0.15, 0.2) is 57.9 Å². The Morgan fingerprint density at radius 2 is 1.89 bits per heavy atom. The van der Waals surface area contributed by atoms with Crippen LogP contribution in [0.5, 0.6) is 0 Å². The Balaban J connectivity index is 1.72. The summed E-state index contributed by atoms with van der Waals surface area (Å²) in [5, 5.41) is 3.02. The van der Waals surface area contributed by atoms with Gasteiger partial charge in [-0.1, -0.05) is 47.1 Å². The van der Waals surface area contributed by atoms with Crippen LogP contribution in [0.3, 0.4) is 0 Å². The zero-order valence-electron chi connectivity index (χ0n) is 15.2. The summed E-state index contributed by atoms with van der Waals surface area (Å²) in [4.78, 5) is 12.8. The Morgan fingerprint density at radius 1 is 1.19 bits per heavy atom. The van der Waals surface area contributed by atoms with Crippen molar-refractivity contribution in [2.75, 3.05) is 13.1 Å². The van der Waals surface area contributed by atoms with Gasteiger partial charge < -0.3 is 5.32 Å². The molecule has 0 fully saturated rings. The van der Waals surface area contributed by atoms with Crippen molar-refractivity contribution in [3.63, 3.8) is 0 Å². The van der Waals surface area contributed by atoms with Gasteiger partial charge in [-0.2, -0.15) is 4.31 Å². The summed E-state index contributed by atoms with van der Waals surface area (Å²) in [6, 6.07) is 14.5. The summed E-state index contributed by atoms with van der Waals surface area (Å²) in [7, 11) is -3.71. The van der Waals surface area contributed by atoms with Crippen molar-refractivity contribution in [1.29, 1.82) is 0 Å². The first-order chi connectivity index (χ1) is 12.9. The van der Waals surface area contributed by atoms with E-state index >= 15 is 0 Å². The highest BCUT2D eigenvalue weighted by atomic mass is 79.9. The predicted octanol–water partition coefficient (Wildman–Crippen LogP) is 3.65. The summed E-state index contributed by atoms with van der Waals surface area (Å²) < 4.78 is 27.7. The van der Waals surface area contributed by atoms with Gasteiger partial charge in [-0.15, -0.1) is 0 Å².